The van der Waals surface area contributed by atoms with Gasteiger partial charge in [-0.1, -0.05) is 18.5 Å². The molecule has 1 aliphatic heterocycles. The van der Waals surface area contributed by atoms with Crippen LogP contribution in [0.25, 0.3) is 0 Å². The second-order valence-corrected chi connectivity index (χ2v) is 5.91. The highest BCUT2D eigenvalue weighted by atomic mass is 35.5. The lowest BCUT2D eigenvalue weighted by atomic mass is 10.0. The van der Waals surface area contributed by atoms with Crippen molar-refractivity contribution >= 4 is 11.6 Å². The van der Waals surface area contributed by atoms with Gasteiger partial charge in [0, 0.05) is 49.1 Å². The second-order valence-electron chi connectivity index (χ2n) is 5.65. The maximum atomic E-state index is 6.02. The van der Waals surface area contributed by atoms with Gasteiger partial charge in [0.2, 0.25) is 0 Å². The number of nitrogens with one attached hydrogen (secondary N) is 1. The minimum atomic E-state index is 0.0665. The lowest BCUT2D eigenvalue weighted by Crippen LogP contribution is -2.24. The summed E-state index contributed by atoms with van der Waals surface area (Å²) in [7, 11) is 1.69. The van der Waals surface area contributed by atoms with Crippen molar-refractivity contribution in [2.75, 3.05) is 20.3 Å². The van der Waals surface area contributed by atoms with Crippen LogP contribution in [-0.4, -0.2) is 32.5 Å². The summed E-state index contributed by atoms with van der Waals surface area (Å²) in [6.07, 6.45) is 11.8. The SMILES string of the molecule is CCC1C=C(NC2CC2)C(/C=C/Cl)=C(/C=C/OCCCOC)O1. The Morgan fingerprint density at radius 2 is 2.17 bits per heavy atom. The molecule has 0 bridgehead atoms. The Labute approximate surface area is 143 Å². The van der Waals surface area contributed by atoms with Gasteiger partial charge >= 0.3 is 0 Å². The van der Waals surface area contributed by atoms with Crippen molar-refractivity contribution in [1.82, 2.24) is 5.32 Å². The van der Waals surface area contributed by atoms with E-state index in [9.17, 15) is 0 Å². The van der Waals surface area contributed by atoms with Gasteiger partial charge in [-0.05, 0) is 31.4 Å². The Bertz CT molecular complexity index is 492. The number of allylic oxidation sites excluding steroid dienone is 2. The lowest BCUT2D eigenvalue weighted by molar-refractivity contribution is 0.146. The highest BCUT2D eigenvalue weighted by molar-refractivity contribution is 6.25. The van der Waals surface area contributed by atoms with Crippen molar-refractivity contribution in [2.45, 2.75) is 44.8 Å². The summed E-state index contributed by atoms with van der Waals surface area (Å²) in [4.78, 5) is 0. The van der Waals surface area contributed by atoms with E-state index in [-0.39, 0.29) is 6.10 Å². The van der Waals surface area contributed by atoms with Crippen molar-refractivity contribution in [3.63, 3.8) is 0 Å². The molecule has 0 saturated heterocycles. The van der Waals surface area contributed by atoms with Crippen LogP contribution in [0.15, 0.2) is 47.1 Å². The van der Waals surface area contributed by atoms with Gasteiger partial charge in [0.15, 0.2) is 0 Å². The second kappa shape index (κ2) is 9.68. The van der Waals surface area contributed by atoms with Gasteiger partial charge in [0.1, 0.15) is 11.9 Å². The maximum Gasteiger partial charge on any atom is 0.132 e. The molecule has 0 aromatic carbocycles. The molecular weight excluding hydrogens is 314 g/mol. The Balaban J connectivity index is 2.06. The predicted molar refractivity (Wildman–Crippen MR) is 93.0 cm³/mol. The van der Waals surface area contributed by atoms with E-state index >= 15 is 0 Å². The first-order valence-corrected chi connectivity index (χ1v) is 8.65. The summed E-state index contributed by atoms with van der Waals surface area (Å²) < 4.78 is 16.5. The summed E-state index contributed by atoms with van der Waals surface area (Å²) in [6.45, 7) is 3.43. The van der Waals surface area contributed by atoms with E-state index in [1.165, 1.54) is 18.4 Å². The molecule has 1 fully saturated rings. The van der Waals surface area contributed by atoms with Crippen LogP contribution in [0.2, 0.25) is 0 Å². The molecule has 128 valence electrons. The Hall–Kier alpha value is -1.39. The fraction of sp³-hybridized carbons (Fsp3) is 0.556. The van der Waals surface area contributed by atoms with Crippen LogP contribution in [0.5, 0.6) is 0 Å². The van der Waals surface area contributed by atoms with Gasteiger partial charge in [-0.25, -0.2) is 0 Å². The number of ether oxygens (including phenoxy) is 3. The molecule has 1 heterocycles. The third-order valence-electron chi connectivity index (χ3n) is 3.68. The molecule has 2 aliphatic rings. The fourth-order valence-electron chi connectivity index (χ4n) is 2.27. The smallest absolute Gasteiger partial charge is 0.132 e. The van der Waals surface area contributed by atoms with Gasteiger partial charge < -0.3 is 19.5 Å². The minimum absolute atomic E-state index is 0.0665. The quantitative estimate of drug-likeness (QED) is 0.482. The van der Waals surface area contributed by atoms with Crippen LogP contribution < -0.4 is 5.32 Å². The van der Waals surface area contributed by atoms with E-state index in [0.717, 1.165) is 29.9 Å². The normalized spacial score (nSPS) is 21.7. The molecule has 1 unspecified atom stereocenters. The van der Waals surface area contributed by atoms with Crippen LogP contribution in [0.4, 0.5) is 0 Å². The van der Waals surface area contributed by atoms with Gasteiger partial charge in [0.05, 0.1) is 12.9 Å². The summed E-state index contributed by atoms with van der Waals surface area (Å²) in [5.74, 6) is 0.783. The molecular formula is C18H26ClNO3. The Kier molecular flexibility index (Phi) is 7.56. The molecule has 4 nitrogen and oxygen atoms in total. The molecule has 1 N–H and O–H groups in total. The van der Waals surface area contributed by atoms with E-state index < -0.39 is 0 Å². The molecule has 1 atom stereocenters. The van der Waals surface area contributed by atoms with E-state index in [4.69, 9.17) is 25.8 Å². The highest BCUT2D eigenvalue weighted by Crippen LogP contribution is 2.30. The molecule has 5 heteroatoms. The summed E-state index contributed by atoms with van der Waals surface area (Å²) in [5.41, 5.74) is 3.58. The van der Waals surface area contributed by atoms with Crippen molar-refractivity contribution in [3.05, 3.63) is 47.1 Å². The van der Waals surface area contributed by atoms with Crippen LogP contribution >= 0.6 is 11.6 Å². The van der Waals surface area contributed by atoms with E-state index in [1.54, 1.807) is 13.4 Å². The molecule has 0 aromatic rings. The van der Waals surface area contributed by atoms with E-state index in [2.05, 4.69) is 18.3 Å². The predicted octanol–water partition coefficient (Wildman–Crippen LogP) is 4.00. The number of hydrogen-bond donors (Lipinski definition) is 1. The third-order valence-corrected chi connectivity index (χ3v) is 3.81. The van der Waals surface area contributed by atoms with Crippen LogP contribution in [0.3, 0.4) is 0 Å². The highest BCUT2D eigenvalue weighted by Gasteiger charge is 2.26. The monoisotopic (exact) mass is 339 g/mol. The average molecular weight is 340 g/mol. The molecule has 0 aromatic heterocycles. The first kappa shape index (κ1) is 18.0. The lowest BCUT2D eigenvalue weighted by Gasteiger charge is -2.26. The summed E-state index contributed by atoms with van der Waals surface area (Å²) >= 11 is 5.81. The third kappa shape index (κ3) is 5.96. The zero-order chi connectivity index (χ0) is 16.5. The fourth-order valence-corrected chi connectivity index (χ4v) is 2.40. The van der Waals surface area contributed by atoms with Crippen molar-refractivity contribution in [1.29, 1.82) is 0 Å². The summed E-state index contributed by atoms with van der Waals surface area (Å²) in [5, 5.41) is 3.56. The van der Waals surface area contributed by atoms with Crippen molar-refractivity contribution in [2.24, 2.45) is 0 Å². The van der Waals surface area contributed by atoms with Crippen LogP contribution in [0.1, 0.15) is 32.6 Å². The zero-order valence-corrected chi connectivity index (χ0v) is 14.6. The minimum Gasteiger partial charge on any atom is -0.501 e. The van der Waals surface area contributed by atoms with Gasteiger partial charge in [-0.3, -0.25) is 0 Å². The van der Waals surface area contributed by atoms with Crippen LogP contribution in [-0.2, 0) is 14.2 Å². The molecule has 23 heavy (non-hydrogen) atoms. The van der Waals surface area contributed by atoms with Gasteiger partial charge in [-0.2, -0.15) is 0 Å². The number of hydrogen-bond acceptors (Lipinski definition) is 4. The molecule has 0 amide bonds. The van der Waals surface area contributed by atoms with E-state index in [1.807, 2.05) is 12.2 Å². The molecule has 2 rings (SSSR count). The number of rotatable bonds is 10. The molecule has 1 saturated carbocycles. The average Bonchev–Trinajstić information content (AvgIpc) is 3.37. The largest absolute Gasteiger partial charge is 0.501 e. The number of methoxy groups -OCH3 is 1. The first-order valence-electron chi connectivity index (χ1n) is 8.22. The topological polar surface area (TPSA) is 39.7 Å². The Morgan fingerprint density at radius 3 is 2.83 bits per heavy atom. The van der Waals surface area contributed by atoms with Crippen molar-refractivity contribution < 1.29 is 14.2 Å². The first-order chi connectivity index (χ1) is 11.3. The standard InChI is InChI=1S/C18H26ClNO3/c1-3-15-13-17(20-14-5-6-14)16(7-9-19)18(23-15)8-12-22-11-4-10-21-2/h7-9,12-15,20H,3-6,10-11H2,1-2H3/b9-7+,12-8+. The summed E-state index contributed by atoms with van der Waals surface area (Å²) in [6, 6.07) is 0.575. The van der Waals surface area contributed by atoms with Crippen molar-refractivity contribution in [3.8, 4) is 0 Å². The molecule has 1 aliphatic carbocycles. The maximum absolute atomic E-state index is 6.02. The Morgan fingerprint density at radius 1 is 1.35 bits per heavy atom. The van der Waals surface area contributed by atoms with Gasteiger partial charge in [-0.15, -0.1) is 0 Å². The molecule has 0 spiro atoms. The van der Waals surface area contributed by atoms with Gasteiger partial charge in [0.25, 0.3) is 0 Å². The molecule has 0 radical (unpaired) electrons. The van der Waals surface area contributed by atoms with E-state index in [0.29, 0.717) is 19.3 Å². The van der Waals surface area contributed by atoms with Crippen LogP contribution in [0, 0.1) is 0 Å². The zero-order valence-electron chi connectivity index (χ0n) is 13.9. The number of halogens is 1.